The third-order valence-corrected chi connectivity index (χ3v) is 5.63. The Morgan fingerprint density at radius 2 is 1.90 bits per heavy atom. The lowest BCUT2D eigenvalue weighted by atomic mass is 9.97. The molecule has 156 valence electrons. The highest BCUT2D eigenvalue weighted by atomic mass is 19.1. The number of halogens is 1. The standard InChI is InChI=1S/C23H21FN6O/c1-4-13-6-18(24)22(26-9-13)30-21-17-8-16(15-10-27-29(3)12-15)14(5-2)7-19(17)25-11-20(21)28-23(30)31/h6-12H,4-5H2,1-3H3,(H,28,31). The lowest BCUT2D eigenvalue weighted by Crippen LogP contribution is -2.17. The average molecular weight is 416 g/mol. The summed E-state index contributed by atoms with van der Waals surface area (Å²) < 4.78 is 18.0. The molecule has 0 saturated carbocycles. The van der Waals surface area contributed by atoms with Crippen LogP contribution < -0.4 is 5.69 Å². The van der Waals surface area contributed by atoms with Crippen molar-refractivity contribution in [1.29, 1.82) is 0 Å². The number of aromatic nitrogens is 6. The summed E-state index contributed by atoms with van der Waals surface area (Å²) in [5.74, 6) is -0.562. The number of pyridine rings is 2. The first-order valence-corrected chi connectivity index (χ1v) is 10.2. The number of aromatic amines is 1. The van der Waals surface area contributed by atoms with Gasteiger partial charge >= 0.3 is 5.69 Å². The number of imidazole rings is 1. The minimum atomic E-state index is -0.537. The van der Waals surface area contributed by atoms with Crippen LogP contribution in [0.15, 0.2) is 47.8 Å². The van der Waals surface area contributed by atoms with E-state index in [1.165, 1.54) is 10.6 Å². The van der Waals surface area contributed by atoms with Crippen LogP contribution in [0, 0.1) is 5.82 Å². The van der Waals surface area contributed by atoms with Crippen LogP contribution in [0.25, 0.3) is 38.9 Å². The van der Waals surface area contributed by atoms with Crippen LogP contribution in [0.2, 0.25) is 0 Å². The summed E-state index contributed by atoms with van der Waals surface area (Å²) in [5, 5.41) is 5.03. The van der Waals surface area contributed by atoms with E-state index >= 15 is 0 Å². The zero-order chi connectivity index (χ0) is 21.7. The Hall–Kier alpha value is -3.81. The molecule has 0 fully saturated rings. The van der Waals surface area contributed by atoms with Crippen LogP contribution in [-0.2, 0) is 19.9 Å². The molecule has 0 saturated heterocycles. The second kappa shape index (κ2) is 7.16. The van der Waals surface area contributed by atoms with E-state index in [4.69, 9.17) is 0 Å². The van der Waals surface area contributed by atoms with Crippen molar-refractivity contribution in [3.63, 3.8) is 0 Å². The van der Waals surface area contributed by atoms with Gasteiger partial charge in [0.25, 0.3) is 0 Å². The first-order valence-electron chi connectivity index (χ1n) is 10.2. The molecule has 7 nitrogen and oxygen atoms in total. The molecule has 5 rings (SSSR count). The van der Waals surface area contributed by atoms with E-state index in [0.717, 1.165) is 39.6 Å². The van der Waals surface area contributed by atoms with Crippen LogP contribution in [0.5, 0.6) is 0 Å². The molecular formula is C23H21FN6O. The van der Waals surface area contributed by atoms with Crippen molar-refractivity contribution in [3.05, 3.63) is 70.4 Å². The van der Waals surface area contributed by atoms with Gasteiger partial charge in [-0.05, 0) is 47.7 Å². The molecule has 1 N–H and O–H groups in total. The van der Waals surface area contributed by atoms with E-state index in [0.29, 0.717) is 17.5 Å². The third-order valence-electron chi connectivity index (χ3n) is 5.63. The first kappa shape index (κ1) is 19.2. The average Bonchev–Trinajstić information content (AvgIpc) is 3.35. The van der Waals surface area contributed by atoms with Crippen LogP contribution in [0.3, 0.4) is 0 Å². The Morgan fingerprint density at radius 1 is 1.06 bits per heavy atom. The van der Waals surface area contributed by atoms with Crippen molar-refractivity contribution in [2.75, 3.05) is 0 Å². The fourth-order valence-corrected chi connectivity index (χ4v) is 4.03. The molecule has 0 amide bonds. The summed E-state index contributed by atoms with van der Waals surface area (Å²) in [5.41, 5.74) is 5.23. The van der Waals surface area contributed by atoms with E-state index in [1.807, 2.05) is 38.5 Å². The monoisotopic (exact) mass is 416 g/mol. The van der Waals surface area contributed by atoms with Crippen molar-refractivity contribution in [3.8, 4) is 16.9 Å². The zero-order valence-corrected chi connectivity index (χ0v) is 17.5. The van der Waals surface area contributed by atoms with E-state index in [2.05, 4.69) is 27.0 Å². The van der Waals surface area contributed by atoms with Crippen molar-refractivity contribution in [2.24, 2.45) is 7.05 Å². The predicted molar refractivity (Wildman–Crippen MR) is 118 cm³/mol. The molecule has 8 heteroatoms. The van der Waals surface area contributed by atoms with Gasteiger partial charge in [0.2, 0.25) is 0 Å². The Morgan fingerprint density at radius 3 is 2.58 bits per heavy atom. The fourth-order valence-electron chi connectivity index (χ4n) is 4.03. The highest BCUT2D eigenvalue weighted by Gasteiger charge is 2.19. The fraction of sp³-hybridized carbons (Fsp3) is 0.217. The molecule has 31 heavy (non-hydrogen) atoms. The number of rotatable bonds is 4. The normalized spacial score (nSPS) is 11.6. The van der Waals surface area contributed by atoms with Gasteiger partial charge in [0.1, 0.15) is 0 Å². The minimum Gasteiger partial charge on any atom is -0.304 e. The molecule has 4 aromatic heterocycles. The third kappa shape index (κ3) is 3.02. The highest BCUT2D eigenvalue weighted by Crippen LogP contribution is 2.32. The Balaban J connectivity index is 1.87. The quantitative estimate of drug-likeness (QED) is 0.481. The minimum absolute atomic E-state index is 0.0246. The summed E-state index contributed by atoms with van der Waals surface area (Å²) in [7, 11) is 1.87. The Labute approximate surface area is 177 Å². The summed E-state index contributed by atoms with van der Waals surface area (Å²) in [6, 6.07) is 5.44. The van der Waals surface area contributed by atoms with Gasteiger partial charge < -0.3 is 4.98 Å². The SMILES string of the molecule is CCc1cnc(-n2c(=O)[nH]c3cnc4cc(CC)c(-c5cnn(C)c5)cc4c32)c(F)c1. The number of aryl methyl sites for hydroxylation is 3. The number of hydrogen-bond donors (Lipinski definition) is 1. The van der Waals surface area contributed by atoms with Crippen molar-refractivity contribution in [2.45, 2.75) is 26.7 Å². The maximum Gasteiger partial charge on any atom is 0.332 e. The summed E-state index contributed by atoms with van der Waals surface area (Å²) in [4.78, 5) is 24.4. The van der Waals surface area contributed by atoms with Gasteiger partial charge in [0.15, 0.2) is 11.6 Å². The molecule has 0 aliphatic carbocycles. The van der Waals surface area contributed by atoms with Gasteiger partial charge in [0, 0.05) is 30.4 Å². The Kier molecular flexibility index (Phi) is 4.43. The van der Waals surface area contributed by atoms with E-state index in [-0.39, 0.29) is 5.82 Å². The van der Waals surface area contributed by atoms with Gasteiger partial charge in [-0.3, -0.25) is 9.67 Å². The zero-order valence-electron chi connectivity index (χ0n) is 17.5. The maximum atomic E-state index is 14.9. The van der Waals surface area contributed by atoms with Crippen molar-refractivity contribution >= 4 is 21.9 Å². The topological polar surface area (TPSA) is 81.4 Å². The van der Waals surface area contributed by atoms with Crippen LogP contribution in [0.4, 0.5) is 4.39 Å². The smallest absolute Gasteiger partial charge is 0.304 e. The predicted octanol–water partition coefficient (Wildman–Crippen LogP) is 3.93. The van der Waals surface area contributed by atoms with Gasteiger partial charge in [-0.2, -0.15) is 5.10 Å². The molecule has 0 bridgehead atoms. The van der Waals surface area contributed by atoms with Crippen molar-refractivity contribution in [1.82, 2.24) is 29.3 Å². The molecule has 0 spiro atoms. The van der Waals surface area contributed by atoms with E-state index in [1.54, 1.807) is 17.1 Å². The van der Waals surface area contributed by atoms with Gasteiger partial charge in [0.05, 0.1) is 28.9 Å². The molecule has 0 aliphatic heterocycles. The summed E-state index contributed by atoms with van der Waals surface area (Å²) in [6.45, 7) is 4.01. The second-order valence-electron chi connectivity index (χ2n) is 7.57. The second-order valence-corrected chi connectivity index (χ2v) is 7.57. The molecule has 0 aliphatic rings. The number of hydrogen-bond acceptors (Lipinski definition) is 4. The van der Waals surface area contributed by atoms with Gasteiger partial charge in [-0.1, -0.05) is 13.8 Å². The van der Waals surface area contributed by atoms with Crippen LogP contribution in [-0.4, -0.2) is 29.3 Å². The number of fused-ring (bicyclic) bond motifs is 3. The molecule has 1 aromatic carbocycles. The number of nitrogens with zero attached hydrogens (tertiary/aromatic N) is 5. The van der Waals surface area contributed by atoms with Crippen molar-refractivity contribution < 1.29 is 4.39 Å². The molecule has 4 heterocycles. The number of H-pyrrole nitrogens is 1. The lowest BCUT2D eigenvalue weighted by Gasteiger charge is -2.11. The molecule has 5 aromatic rings. The molecule has 0 atom stereocenters. The number of nitrogens with one attached hydrogen (secondary N) is 1. The van der Waals surface area contributed by atoms with Crippen LogP contribution in [0.1, 0.15) is 25.0 Å². The first-order chi connectivity index (χ1) is 15.0. The van der Waals surface area contributed by atoms with E-state index < -0.39 is 11.5 Å². The van der Waals surface area contributed by atoms with Gasteiger partial charge in [-0.15, -0.1) is 0 Å². The summed E-state index contributed by atoms with van der Waals surface area (Å²) >= 11 is 0. The Bertz CT molecular complexity index is 1510. The highest BCUT2D eigenvalue weighted by molar-refractivity contribution is 6.04. The molecular weight excluding hydrogens is 395 g/mol. The van der Waals surface area contributed by atoms with Gasteiger partial charge in [-0.25, -0.2) is 18.7 Å². The maximum absolute atomic E-state index is 14.9. The lowest BCUT2D eigenvalue weighted by molar-refractivity contribution is 0.606. The number of benzene rings is 1. The molecule has 0 radical (unpaired) electrons. The van der Waals surface area contributed by atoms with E-state index in [9.17, 15) is 9.18 Å². The van der Waals surface area contributed by atoms with Crippen LogP contribution >= 0.6 is 0 Å². The largest absolute Gasteiger partial charge is 0.332 e. The molecule has 0 unspecified atom stereocenters. The summed E-state index contributed by atoms with van der Waals surface area (Å²) in [6.07, 6.45) is 8.44.